The topological polar surface area (TPSA) is 89.9 Å². The maximum Gasteiger partial charge on any atom is 0.257 e. The van der Waals surface area contributed by atoms with Gasteiger partial charge in [-0.25, -0.2) is 14.6 Å². The molecule has 9 heteroatoms. The molecule has 0 atom stereocenters. The van der Waals surface area contributed by atoms with Gasteiger partial charge in [-0.2, -0.15) is 5.10 Å². The van der Waals surface area contributed by atoms with Gasteiger partial charge in [0.25, 0.3) is 5.91 Å². The second kappa shape index (κ2) is 6.67. The van der Waals surface area contributed by atoms with Crippen LogP contribution in [0.15, 0.2) is 40.3 Å². The van der Waals surface area contributed by atoms with Crippen molar-refractivity contribution in [3.05, 3.63) is 53.6 Å². The SMILES string of the molecule is Cc1cc(CSc2ncccc2C(=O)N2CCn3ncnc3C2)no1. The lowest BCUT2D eigenvalue weighted by atomic mass is 10.2. The van der Waals surface area contributed by atoms with Gasteiger partial charge in [-0.15, -0.1) is 0 Å². The minimum absolute atomic E-state index is 0.0406. The van der Waals surface area contributed by atoms with Crippen LogP contribution in [0.4, 0.5) is 0 Å². The van der Waals surface area contributed by atoms with Crippen molar-refractivity contribution in [2.75, 3.05) is 6.54 Å². The summed E-state index contributed by atoms with van der Waals surface area (Å²) in [7, 11) is 0. The number of pyridine rings is 1. The van der Waals surface area contributed by atoms with Crippen LogP contribution in [-0.4, -0.2) is 42.3 Å². The van der Waals surface area contributed by atoms with Gasteiger partial charge < -0.3 is 9.42 Å². The molecule has 8 nitrogen and oxygen atoms in total. The van der Waals surface area contributed by atoms with Crippen LogP contribution in [0, 0.1) is 6.92 Å². The number of carbonyl (C=O) groups excluding carboxylic acids is 1. The molecule has 0 unspecified atom stereocenters. The zero-order chi connectivity index (χ0) is 17.2. The van der Waals surface area contributed by atoms with E-state index in [0.717, 1.165) is 17.3 Å². The van der Waals surface area contributed by atoms with E-state index in [0.29, 0.717) is 36.0 Å². The third-order valence-electron chi connectivity index (χ3n) is 3.93. The highest BCUT2D eigenvalue weighted by molar-refractivity contribution is 7.98. The molecule has 0 N–H and O–H groups in total. The summed E-state index contributed by atoms with van der Waals surface area (Å²) >= 11 is 1.48. The molecule has 0 aliphatic carbocycles. The highest BCUT2D eigenvalue weighted by Crippen LogP contribution is 2.26. The predicted octanol–water partition coefficient (Wildman–Crippen LogP) is 1.92. The molecule has 4 rings (SSSR count). The molecule has 0 radical (unpaired) electrons. The van der Waals surface area contributed by atoms with Gasteiger partial charge in [-0.3, -0.25) is 4.79 Å². The van der Waals surface area contributed by atoms with Crippen molar-refractivity contribution in [3.63, 3.8) is 0 Å². The normalized spacial score (nSPS) is 13.7. The number of carbonyl (C=O) groups is 1. The van der Waals surface area contributed by atoms with Crippen molar-refractivity contribution in [1.82, 2.24) is 29.8 Å². The van der Waals surface area contributed by atoms with E-state index in [-0.39, 0.29) is 5.91 Å². The molecular weight excluding hydrogens is 340 g/mol. The maximum absolute atomic E-state index is 12.9. The van der Waals surface area contributed by atoms with Gasteiger partial charge >= 0.3 is 0 Å². The fourth-order valence-corrected chi connectivity index (χ4v) is 3.57. The molecule has 0 spiro atoms. The van der Waals surface area contributed by atoms with Crippen LogP contribution in [-0.2, 0) is 18.8 Å². The summed E-state index contributed by atoms with van der Waals surface area (Å²) in [5.74, 6) is 2.13. The predicted molar refractivity (Wildman–Crippen MR) is 89.8 cm³/mol. The second-order valence-electron chi connectivity index (χ2n) is 5.70. The first-order chi connectivity index (χ1) is 12.2. The van der Waals surface area contributed by atoms with Crippen molar-refractivity contribution in [1.29, 1.82) is 0 Å². The molecule has 25 heavy (non-hydrogen) atoms. The van der Waals surface area contributed by atoms with Crippen LogP contribution in [0.2, 0.25) is 0 Å². The van der Waals surface area contributed by atoms with E-state index in [1.165, 1.54) is 18.1 Å². The number of hydrogen-bond donors (Lipinski definition) is 0. The summed E-state index contributed by atoms with van der Waals surface area (Å²) < 4.78 is 6.91. The molecule has 4 heterocycles. The maximum atomic E-state index is 12.9. The van der Waals surface area contributed by atoms with Gasteiger partial charge in [0.05, 0.1) is 24.3 Å². The number of nitrogens with zero attached hydrogens (tertiary/aromatic N) is 6. The Balaban J connectivity index is 1.51. The molecule has 1 amide bonds. The average Bonchev–Trinajstić information content (AvgIpc) is 3.27. The lowest BCUT2D eigenvalue weighted by Crippen LogP contribution is -2.39. The number of rotatable bonds is 4. The highest BCUT2D eigenvalue weighted by Gasteiger charge is 2.25. The Hall–Kier alpha value is -2.68. The fourth-order valence-electron chi connectivity index (χ4n) is 2.70. The van der Waals surface area contributed by atoms with Crippen LogP contribution < -0.4 is 0 Å². The van der Waals surface area contributed by atoms with Crippen molar-refractivity contribution >= 4 is 17.7 Å². The van der Waals surface area contributed by atoms with Gasteiger partial charge in [-0.05, 0) is 19.1 Å². The summed E-state index contributed by atoms with van der Waals surface area (Å²) in [5, 5.41) is 8.81. The molecule has 1 aliphatic rings. The highest BCUT2D eigenvalue weighted by atomic mass is 32.2. The van der Waals surface area contributed by atoms with E-state index in [1.807, 2.05) is 23.7 Å². The lowest BCUT2D eigenvalue weighted by Gasteiger charge is -2.27. The van der Waals surface area contributed by atoms with Gasteiger partial charge in [0.1, 0.15) is 22.9 Å². The Kier molecular flexibility index (Phi) is 4.22. The molecule has 3 aromatic heterocycles. The Bertz CT molecular complexity index is 905. The Labute approximate surface area is 148 Å². The van der Waals surface area contributed by atoms with Crippen molar-refractivity contribution in [2.24, 2.45) is 0 Å². The number of amides is 1. The lowest BCUT2D eigenvalue weighted by molar-refractivity contribution is 0.0698. The molecule has 0 fully saturated rings. The molecule has 128 valence electrons. The molecule has 3 aromatic rings. The Morgan fingerprint density at radius 1 is 1.36 bits per heavy atom. The smallest absolute Gasteiger partial charge is 0.257 e. The summed E-state index contributed by atoms with van der Waals surface area (Å²) in [5.41, 5.74) is 1.43. The van der Waals surface area contributed by atoms with E-state index in [2.05, 4.69) is 20.2 Å². The van der Waals surface area contributed by atoms with Crippen LogP contribution >= 0.6 is 11.8 Å². The third-order valence-corrected chi connectivity index (χ3v) is 4.97. The van der Waals surface area contributed by atoms with Gasteiger partial charge in [0.15, 0.2) is 0 Å². The number of fused-ring (bicyclic) bond motifs is 1. The minimum Gasteiger partial charge on any atom is -0.361 e. The summed E-state index contributed by atoms with van der Waals surface area (Å²) in [6.07, 6.45) is 3.22. The van der Waals surface area contributed by atoms with Gasteiger partial charge in [0, 0.05) is 24.6 Å². The van der Waals surface area contributed by atoms with E-state index in [1.54, 1.807) is 17.2 Å². The second-order valence-corrected chi connectivity index (χ2v) is 6.66. The molecular formula is C16H16N6O2S. The first kappa shape index (κ1) is 15.8. The summed E-state index contributed by atoms with van der Waals surface area (Å²) in [6, 6.07) is 5.48. The third kappa shape index (κ3) is 3.27. The monoisotopic (exact) mass is 356 g/mol. The van der Waals surface area contributed by atoms with E-state index >= 15 is 0 Å². The molecule has 1 aliphatic heterocycles. The number of hydrogen-bond acceptors (Lipinski definition) is 7. The Morgan fingerprint density at radius 2 is 2.28 bits per heavy atom. The first-order valence-corrected chi connectivity index (χ1v) is 8.85. The van der Waals surface area contributed by atoms with E-state index in [9.17, 15) is 4.79 Å². The van der Waals surface area contributed by atoms with Gasteiger partial charge in [-0.1, -0.05) is 16.9 Å². The summed E-state index contributed by atoms with van der Waals surface area (Å²) in [4.78, 5) is 23.3. The average molecular weight is 356 g/mol. The number of aryl methyl sites for hydroxylation is 1. The molecule has 0 aromatic carbocycles. The first-order valence-electron chi connectivity index (χ1n) is 7.86. The van der Waals surface area contributed by atoms with E-state index < -0.39 is 0 Å². The number of aromatic nitrogens is 5. The fraction of sp³-hybridized carbons (Fsp3) is 0.312. The van der Waals surface area contributed by atoms with Gasteiger partial charge in [0.2, 0.25) is 0 Å². The minimum atomic E-state index is -0.0406. The van der Waals surface area contributed by atoms with Crippen LogP contribution in [0.3, 0.4) is 0 Å². The van der Waals surface area contributed by atoms with Crippen LogP contribution in [0.1, 0.15) is 27.6 Å². The number of thioether (sulfide) groups is 1. The molecule has 0 saturated heterocycles. The van der Waals surface area contributed by atoms with Crippen molar-refractivity contribution < 1.29 is 9.32 Å². The standard InChI is InChI=1S/C16H16N6O2S/c1-11-7-12(20-24-11)9-25-15-13(3-2-4-17-15)16(23)21-5-6-22-14(8-21)18-10-19-22/h2-4,7,10H,5-6,8-9H2,1H3. The van der Waals surface area contributed by atoms with Crippen molar-refractivity contribution in [2.45, 2.75) is 30.8 Å². The Morgan fingerprint density at radius 3 is 3.12 bits per heavy atom. The summed E-state index contributed by atoms with van der Waals surface area (Å²) in [6.45, 7) is 3.57. The molecule has 0 bridgehead atoms. The quantitative estimate of drug-likeness (QED) is 0.660. The molecule has 0 saturated carbocycles. The van der Waals surface area contributed by atoms with E-state index in [4.69, 9.17) is 4.52 Å². The zero-order valence-corrected chi connectivity index (χ0v) is 14.4. The van der Waals surface area contributed by atoms with Crippen LogP contribution in [0.25, 0.3) is 0 Å². The zero-order valence-electron chi connectivity index (χ0n) is 13.6. The van der Waals surface area contributed by atoms with Crippen LogP contribution in [0.5, 0.6) is 0 Å². The van der Waals surface area contributed by atoms with Crippen molar-refractivity contribution in [3.8, 4) is 0 Å². The largest absolute Gasteiger partial charge is 0.361 e.